The number of hydrogen-bond donors (Lipinski definition) is 2. The smallest absolute Gasteiger partial charge is 0.381 e. The van der Waals surface area contributed by atoms with Gasteiger partial charge >= 0.3 is 6.18 Å². The molecule has 0 unspecified atom stereocenters. The Kier molecular flexibility index (Phi) is 8.68. The summed E-state index contributed by atoms with van der Waals surface area (Å²) < 4.78 is 57.4. The van der Waals surface area contributed by atoms with Crippen LogP contribution in [0.15, 0.2) is 23.2 Å². The van der Waals surface area contributed by atoms with Crippen molar-refractivity contribution in [2.24, 2.45) is 10.9 Å². The molecule has 0 radical (unpaired) electrons. The summed E-state index contributed by atoms with van der Waals surface area (Å²) >= 11 is 0. The number of ether oxygens (including phenoxy) is 1. The molecular formula is C17H25F4N3O. The van der Waals surface area contributed by atoms with E-state index in [1.807, 2.05) is 0 Å². The maximum atomic E-state index is 13.1. The van der Waals surface area contributed by atoms with Gasteiger partial charge < -0.3 is 15.4 Å². The fourth-order valence-corrected chi connectivity index (χ4v) is 2.07. The second-order valence-corrected chi connectivity index (χ2v) is 5.97. The molecular weight excluding hydrogens is 338 g/mol. The summed E-state index contributed by atoms with van der Waals surface area (Å²) in [5.41, 5.74) is -1.03. The zero-order valence-corrected chi connectivity index (χ0v) is 14.7. The Labute approximate surface area is 145 Å². The lowest BCUT2D eigenvalue weighted by atomic mass is 10.1. The van der Waals surface area contributed by atoms with Crippen molar-refractivity contribution in [2.45, 2.75) is 33.0 Å². The number of halogens is 4. The van der Waals surface area contributed by atoms with Gasteiger partial charge in [0.05, 0.1) is 5.56 Å². The lowest BCUT2D eigenvalue weighted by Gasteiger charge is -2.16. The van der Waals surface area contributed by atoms with Crippen molar-refractivity contribution >= 4 is 5.96 Å². The first kappa shape index (κ1) is 21.2. The van der Waals surface area contributed by atoms with Crippen LogP contribution in [0.4, 0.5) is 17.6 Å². The summed E-state index contributed by atoms with van der Waals surface area (Å²) in [6.07, 6.45) is -3.86. The molecule has 0 aliphatic carbocycles. The Balaban J connectivity index is 2.48. The van der Waals surface area contributed by atoms with Crippen LogP contribution in [0.25, 0.3) is 0 Å². The van der Waals surface area contributed by atoms with Gasteiger partial charge in [0.15, 0.2) is 5.96 Å². The Bertz CT molecular complexity index is 559. The number of nitrogens with one attached hydrogen (secondary N) is 2. The fourth-order valence-electron chi connectivity index (χ4n) is 2.07. The highest BCUT2D eigenvalue weighted by Gasteiger charge is 2.33. The summed E-state index contributed by atoms with van der Waals surface area (Å²) in [4.78, 5) is 3.96. The van der Waals surface area contributed by atoms with Crippen LogP contribution in [-0.4, -0.2) is 32.8 Å². The third-order valence-corrected chi connectivity index (χ3v) is 3.26. The molecule has 0 aliphatic rings. The van der Waals surface area contributed by atoms with Crippen molar-refractivity contribution in [2.75, 3.05) is 26.8 Å². The highest BCUT2D eigenvalue weighted by atomic mass is 19.4. The van der Waals surface area contributed by atoms with Gasteiger partial charge in [-0.3, -0.25) is 4.99 Å². The average Bonchev–Trinajstić information content (AvgIpc) is 2.53. The zero-order chi connectivity index (χ0) is 18.9. The first-order chi connectivity index (χ1) is 11.7. The van der Waals surface area contributed by atoms with Crippen LogP contribution in [0.5, 0.6) is 0 Å². The van der Waals surface area contributed by atoms with Crippen LogP contribution in [-0.2, 0) is 17.5 Å². The van der Waals surface area contributed by atoms with Gasteiger partial charge in [-0.2, -0.15) is 13.2 Å². The van der Waals surface area contributed by atoms with Crippen LogP contribution >= 0.6 is 0 Å². The molecule has 0 aliphatic heterocycles. The molecule has 142 valence electrons. The Morgan fingerprint density at radius 1 is 1.24 bits per heavy atom. The molecule has 0 atom stereocenters. The number of benzene rings is 1. The normalized spacial score (nSPS) is 12.6. The zero-order valence-electron chi connectivity index (χ0n) is 14.7. The summed E-state index contributed by atoms with van der Waals surface area (Å²) in [7, 11) is 1.53. The molecule has 4 nitrogen and oxygen atoms in total. The molecule has 0 bridgehead atoms. The van der Waals surface area contributed by atoms with E-state index in [2.05, 4.69) is 29.5 Å². The van der Waals surface area contributed by atoms with Crippen molar-refractivity contribution in [3.05, 3.63) is 35.1 Å². The quantitative estimate of drug-likeness (QED) is 0.321. The summed E-state index contributed by atoms with van der Waals surface area (Å²) in [6.45, 7) is 5.88. The number of aliphatic imine (C=N–C) groups is 1. The summed E-state index contributed by atoms with van der Waals surface area (Å²) in [5.74, 6) is -0.0674. The number of nitrogens with zero attached hydrogens (tertiary/aromatic N) is 1. The molecule has 0 saturated carbocycles. The van der Waals surface area contributed by atoms with E-state index in [1.165, 1.54) is 7.05 Å². The van der Waals surface area contributed by atoms with Gasteiger partial charge in [0.2, 0.25) is 0 Å². The molecule has 1 aromatic carbocycles. The molecule has 0 heterocycles. The number of hydrogen-bond acceptors (Lipinski definition) is 2. The third kappa shape index (κ3) is 8.20. The molecule has 0 spiro atoms. The topological polar surface area (TPSA) is 45.7 Å². The molecule has 0 amide bonds. The predicted octanol–water partition coefficient (Wildman–Crippen LogP) is 3.57. The second-order valence-electron chi connectivity index (χ2n) is 5.97. The van der Waals surface area contributed by atoms with E-state index < -0.39 is 17.6 Å². The van der Waals surface area contributed by atoms with Crippen molar-refractivity contribution in [3.8, 4) is 0 Å². The molecule has 2 N–H and O–H groups in total. The van der Waals surface area contributed by atoms with Gasteiger partial charge in [-0.25, -0.2) is 4.39 Å². The standard InChI is InChI=1S/C17H25F4N3O/c1-12(2)11-25-8-4-7-23-16(22-3)24-10-13-5-6-14(18)9-15(13)17(19,20)21/h5-6,9,12H,4,7-8,10-11H2,1-3H3,(H2,22,23,24). The van der Waals surface area contributed by atoms with Gasteiger partial charge in [-0.1, -0.05) is 19.9 Å². The maximum absolute atomic E-state index is 13.1. The molecule has 25 heavy (non-hydrogen) atoms. The Morgan fingerprint density at radius 3 is 2.56 bits per heavy atom. The van der Waals surface area contributed by atoms with E-state index in [9.17, 15) is 17.6 Å². The maximum Gasteiger partial charge on any atom is 0.416 e. The minimum absolute atomic E-state index is 0.0443. The van der Waals surface area contributed by atoms with Crippen LogP contribution < -0.4 is 10.6 Å². The van der Waals surface area contributed by atoms with Gasteiger partial charge in [0.1, 0.15) is 5.82 Å². The second kappa shape index (κ2) is 10.2. The highest BCUT2D eigenvalue weighted by Crippen LogP contribution is 2.32. The molecule has 0 saturated heterocycles. The van der Waals surface area contributed by atoms with E-state index in [4.69, 9.17) is 4.74 Å². The summed E-state index contributed by atoms with van der Waals surface area (Å²) in [6, 6.07) is 2.63. The largest absolute Gasteiger partial charge is 0.416 e. The molecule has 0 fully saturated rings. The molecule has 1 rings (SSSR count). The van der Waals surface area contributed by atoms with Crippen molar-refractivity contribution < 1.29 is 22.3 Å². The highest BCUT2D eigenvalue weighted by molar-refractivity contribution is 5.79. The Hall–Kier alpha value is -1.83. The van der Waals surface area contributed by atoms with Gasteiger partial charge in [-0.15, -0.1) is 0 Å². The van der Waals surface area contributed by atoms with Crippen molar-refractivity contribution in [1.82, 2.24) is 10.6 Å². The number of alkyl halides is 3. The minimum atomic E-state index is -4.61. The van der Waals surface area contributed by atoms with Gasteiger partial charge in [-0.05, 0) is 30.0 Å². The minimum Gasteiger partial charge on any atom is -0.381 e. The first-order valence-corrected chi connectivity index (χ1v) is 8.12. The molecule has 0 aromatic heterocycles. The van der Waals surface area contributed by atoms with Crippen LogP contribution in [0.3, 0.4) is 0 Å². The average molecular weight is 363 g/mol. The SMILES string of the molecule is CN=C(NCCCOCC(C)C)NCc1ccc(F)cc1C(F)(F)F. The molecule has 8 heteroatoms. The predicted molar refractivity (Wildman–Crippen MR) is 89.9 cm³/mol. The monoisotopic (exact) mass is 363 g/mol. The van der Waals surface area contributed by atoms with E-state index in [0.29, 0.717) is 37.7 Å². The number of guanidine groups is 1. The van der Waals surface area contributed by atoms with E-state index in [-0.39, 0.29) is 12.1 Å². The molecule has 1 aromatic rings. The van der Waals surface area contributed by atoms with Crippen LogP contribution in [0.2, 0.25) is 0 Å². The van der Waals surface area contributed by atoms with Crippen LogP contribution in [0, 0.1) is 11.7 Å². The van der Waals surface area contributed by atoms with Crippen molar-refractivity contribution in [3.63, 3.8) is 0 Å². The lowest BCUT2D eigenvalue weighted by Crippen LogP contribution is -2.38. The van der Waals surface area contributed by atoms with E-state index in [0.717, 1.165) is 18.6 Å². The Morgan fingerprint density at radius 2 is 1.96 bits per heavy atom. The van der Waals surface area contributed by atoms with E-state index >= 15 is 0 Å². The van der Waals surface area contributed by atoms with Gasteiger partial charge in [0.25, 0.3) is 0 Å². The van der Waals surface area contributed by atoms with Gasteiger partial charge in [0, 0.05) is 33.4 Å². The lowest BCUT2D eigenvalue weighted by molar-refractivity contribution is -0.138. The fraction of sp³-hybridized carbons (Fsp3) is 0.588. The number of rotatable bonds is 8. The summed E-state index contributed by atoms with van der Waals surface area (Å²) in [5, 5.41) is 5.80. The van der Waals surface area contributed by atoms with Crippen molar-refractivity contribution in [1.29, 1.82) is 0 Å². The van der Waals surface area contributed by atoms with E-state index in [1.54, 1.807) is 0 Å². The first-order valence-electron chi connectivity index (χ1n) is 8.12. The van der Waals surface area contributed by atoms with Crippen LogP contribution in [0.1, 0.15) is 31.4 Å². The third-order valence-electron chi connectivity index (χ3n) is 3.26.